The molecule has 0 saturated carbocycles. The molecule has 1 atom stereocenters. The average Bonchev–Trinajstić information content (AvgIpc) is 2.37. The average molecular weight is 264 g/mol. The van der Waals surface area contributed by atoms with Crippen LogP contribution in [0.4, 0.5) is 0 Å². The quantitative estimate of drug-likeness (QED) is 0.802. The van der Waals surface area contributed by atoms with Crippen LogP contribution in [-0.2, 0) is 11.3 Å². The summed E-state index contributed by atoms with van der Waals surface area (Å²) in [6.07, 6.45) is 0.652. The maximum absolute atomic E-state index is 12.3. The van der Waals surface area contributed by atoms with Crippen molar-refractivity contribution in [3.05, 3.63) is 35.9 Å². The van der Waals surface area contributed by atoms with E-state index in [2.05, 4.69) is 0 Å². The third-order valence-electron chi connectivity index (χ3n) is 2.96. The van der Waals surface area contributed by atoms with Gasteiger partial charge in [0, 0.05) is 13.1 Å². The Kier molecular flexibility index (Phi) is 5.78. The summed E-state index contributed by atoms with van der Waals surface area (Å²) >= 11 is 4.95. The minimum Gasteiger partial charge on any atom is -0.393 e. The van der Waals surface area contributed by atoms with Gasteiger partial charge in [0.05, 0.1) is 10.9 Å². The van der Waals surface area contributed by atoms with Crippen LogP contribution in [0.1, 0.15) is 25.8 Å². The molecule has 0 aromatic heterocycles. The second-order valence-corrected chi connectivity index (χ2v) is 4.67. The van der Waals surface area contributed by atoms with Crippen LogP contribution in [-0.4, -0.2) is 22.3 Å². The van der Waals surface area contributed by atoms with Crippen molar-refractivity contribution in [3.8, 4) is 0 Å². The normalized spacial score (nSPS) is 11.9. The Labute approximate surface area is 114 Å². The summed E-state index contributed by atoms with van der Waals surface area (Å²) in [5.74, 6) is -0.319. The molecule has 0 aliphatic carbocycles. The standard InChI is InChI=1S/C14H20N2OS/c1-3-12(13(15)18)14(17)16(4-2)10-11-8-6-5-7-9-11/h5-9,12H,3-4,10H2,1-2H3,(H2,15,18). The van der Waals surface area contributed by atoms with E-state index in [1.54, 1.807) is 4.90 Å². The summed E-state index contributed by atoms with van der Waals surface area (Å²) in [5, 5.41) is 0. The van der Waals surface area contributed by atoms with Crippen molar-refractivity contribution in [1.29, 1.82) is 0 Å². The van der Waals surface area contributed by atoms with Gasteiger partial charge in [-0.25, -0.2) is 0 Å². The molecule has 0 bridgehead atoms. The molecular weight excluding hydrogens is 244 g/mol. The van der Waals surface area contributed by atoms with Gasteiger partial charge in [-0.05, 0) is 18.9 Å². The van der Waals surface area contributed by atoms with Gasteiger partial charge in [0.25, 0.3) is 0 Å². The van der Waals surface area contributed by atoms with Crippen LogP contribution in [0.5, 0.6) is 0 Å². The number of benzene rings is 1. The molecule has 18 heavy (non-hydrogen) atoms. The first-order valence-corrected chi connectivity index (χ1v) is 6.63. The van der Waals surface area contributed by atoms with E-state index in [-0.39, 0.29) is 16.8 Å². The maximum Gasteiger partial charge on any atom is 0.232 e. The lowest BCUT2D eigenvalue weighted by Gasteiger charge is -2.25. The number of carbonyl (C=O) groups is 1. The molecule has 4 heteroatoms. The van der Waals surface area contributed by atoms with Gasteiger partial charge in [-0.1, -0.05) is 49.5 Å². The van der Waals surface area contributed by atoms with Gasteiger partial charge in [0.2, 0.25) is 5.91 Å². The van der Waals surface area contributed by atoms with Crippen molar-refractivity contribution >= 4 is 23.1 Å². The van der Waals surface area contributed by atoms with Crippen LogP contribution in [0.2, 0.25) is 0 Å². The number of thiocarbonyl (C=S) groups is 1. The highest BCUT2D eigenvalue weighted by Crippen LogP contribution is 2.12. The monoisotopic (exact) mass is 264 g/mol. The highest BCUT2D eigenvalue weighted by Gasteiger charge is 2.24. The van der Waals surface area contributed by atoms with E-state index < -0.39 is 0 Å². The van der Waals surface area contributed by atoms with Gasteiger partial charge in [-0.15, -0.1) is 0 Å². The van der Waals surface area contributed by atoms with Crippen molar-refractivity contribution in [2.75, 3.05) is 6.54 Å². The molecule has 0 spiro atoms. The molecule has 3 nitrogen and oxygen atoms in total. The Bertz CT molecular complexity index is 406. The molecule has 0 aliphatic rings. The Balaban J connectivity index is 2.77. The first-order valence-electron chi connectivity index (χ1n) is 6.22. The number of rotatable bonds is 6. The Morgan fingerprint density at radius 3 is 2.39 bits per heavy atom. The fraction of sp³-hybridized carbons (Fsp3) is 0.429. The molecule has 2 N–H and O–H groups in total. The van der Waals surface area contributed by atoms with E-state index in [4.69, 9.17) is 18.0 Å². The highest BCUT2D eigenvalue weighted by atomic mass is 32.1. The molecule has 0 fully saturated rings. The number of hydrogen-bond donors (Lipinski definition) is 1. The molecule has 0 aliphatic heterocycles. The lowest BCUT2D eigenvalue weighted by molar-refractivity contribution is -0.133. The Hall–Kier alpha value is -1.42. The van der Waals surface area contributed by atoms with Crippen molar-refractivity contribution in [3.63, 3.8) is 0 Å². The number of hydrogen-bond acceptors (Lipinski definition) is 2. The Morgan fingerprint density at radius 1 is 1.33 bits per heavy atom. The lowest BCUT2D eigenvalue weighted by atomic mass is 10.0. The topological polar surface area (TPSA) is 46.3 Å². The van der Waals surface area contributed by atoms with Crippen molar-refractivity contribution in [2.45, 2.75) is 26.8 Å². The van der Waals surface area contributed by atoms with E-state index in [9.17, 15) is 4.79 Å². The van der Waals surface area contributed by atoms with Crippen LogP contribution < -0.4 is 5.73 Å². The second kappa shape index (κ2) is 7.11. The van der Waals surface area contributed by atoms with Gasteiger partial charge in [0.1, 0.15) is 0 Å². The van der Waals surface area contributed by atoms with E-state index >= 15 is 0 Å². The summed E-state index contributed by atoms with van der Waals surface area (Å²) in [6, 6.07) is 9.93. The SMILES string of the molecule is CCC(C(=O)N(CC)Cc1ccccc1)C(N)=S. The summed E-state index contributed by atoms with van der Waals surface area (Å²) in [4.78, 5) is 14.4. The van der Waals surface area contributed by atoms with Crippen LogP contribution in [0.3, 0.4) is 0 Å². The van der Waals surface area contributed by atoms with Crippen LogP contribution >= 0.6 is 12.2 Å². The molecule has 1 aromatic carbocycles. The molecule has 0 radical (unpaired) electrons. The summed E-state index contributed by atoms with van der Waals surface area (Å²) < 4.78 is 0. The van der Waals surface area contributed by atoms with Crippen LogP contribution in [0.25, 0.3) is 0 Å². The Morgan fingerprint density at radius 2 is 1.94 bits per heavy atom. The van der Waals surface area contributed by atoms with Gasteiger partial charge < -0.3 is 10.6 Å². The first kappa shape index (κ1) is 14.6. The van der Waals surface area contributed by atoms with Crippen LogP contribution in [0, 0.1) is 5.92 Å². The molecule has 1 unspecified atom stereocenters. The van der Waals surface area contributed by atoms with Gasteiger partial charge >= 0.3 is 0 Å². The molecule has 1 aromatic rings. The minimum atomic E-state index is -0.344. The number of nitrogens with zero attached hydrogens (tertiary/aromatic N) is 1. The number of nitrogens with two attached hydrogens (primary N) is 1. The zero-order chi connectivity index (χ0) is 13.5. The lowest BCUT2D eigenvalue weighted by Crippen LogP contribution is -2.40. The zero-order valence-electron chi connectivity index (χ0n) is 10.9. The van der Waals surface area contributed by atoms with Crippen molar-refractivity contribution in [1.82, 2.24) is 4.90 Å². The largest absolute Gasteiger partial charge is 0.393 e. The highest BCUT2D eigenvalue weighted by molar-refractivity contribution is 7.80. The van der Waals surface area contributed by atoms with Crippen LogP contribution in [0.15, 0.2) is 30.3 Å². The van der Waals surface area contributed by atoms with E-state index in [1.165, 1.54) is 0 Å². The first-order chi connectivity index (χ1) is 8.60. The molecule has 1 amide bonds. The third kappa shape index (κ3) is 3.81. The predicted molar refractivity (Wildman–Crippen MR) is 78.1 cm³/mol. The second-order valence-electron chi connectivity index (χ2n) is 4.20. The van der Waals surface area contributed by atoms with Crippen molar-refractivity contribution < 1.29 is 4.79 Å². The van der Waals surface area contributed by atoms with Gasteiger partial charge in [-0.3, -0.25) is 4.79 Å². The number of amides is 1. The summed E-state index contributed by atoms with van der Waals surface area (Å²) in [7, 11) is 0. The molecule has 1 rings (SSSR count). The summed E-state index contributed by atoms with van der Waals surface area (Å²) in [6.45, 7) is 5.16. The molecule has 0 heterocycles. The van der Waals surface area contributed by atoms with E-state index in [1.807, 2.05) is 44.2 Å². The fourth-order valence-electron chi connectivity index (χ4n) is 1.87. The summed E-state index contributed by atoms with van der Waals surface area (Å²) in [5.41, 5.74) is 6.73. The smallest absolute Gasteiger partial charge is 0.232 e. The zero-order valence-corrected chi connectivity index (χ0v) is 11.7. The number of carbonyl (C=O) groups excluding carboxylic acids is 1. The van der Waals surface area contributed by atoms with E-state index in [0.717, 1.165) is 5.56 Å². The third-order valence-corrected chi connectivity index (χ3v) is 3.24. The van der Waals surface area contributed by atoms with Gasteiger partial charge in [0.15, 0.2) is 0 Å². The minimum absolute atomic E-state index is 0.0244. The van der Waals surface area contributed by atoms with Gasteiger partial charge in [-0.2, -0.15) is 0 Å². The fourth-order valence-corrected chi connectivity index (χ4v) is 2.13. The van der Waals surface area contributed by atoms with E-state index in [0.29, 0.717) is 19.5 Å². The molecule has 0 saturated heterocycles. The predicted octanol–water partition coefficient (Wildman–Crippen LogP) is 2.35. The molecular formula is C14H20N2OS. The van der Waals surface area contributed by atoms with Crippen molar-refractivity contribution in [2.24, 2.45) is 11.7 Å². The molecule has 98 valence electrons. The maximum atomic E-state index is 12.3.